The minimum Gasteiger partial charge on any atom is -0.476 e. The first kappa shape index (κ1) is 12.5. The summed E-state index contributed by atoms with van der Waals surface area (Å²) in [5.74, 6) is 0.927. The van der Waals surface area contributed by atoms with Crippen LogP contribution in [0.5, 0.6) is 5.88 Å². The first-order valence-electron chi connectivity index (χ1n) is 5.30. The maximum atomic E-state index is 9.11. The zero-order chi connectivity index (χ0) is 12.0. The lowest BCUT2D eigenvalue weighted by atomic mass is 10.3. The summed E-state index contributed by atoms with van der Waals surface area (Å²) in [5, 5.41) is 12.1. The molecule has 0 aromatic carbocycles. The summed E-state index contributed by atoms with van der Waals surface area (Å²) in [6.07, 6.45) is 1.68. The molecule has 0 spiro atoms. The average molecular weight is 226 g/mol. The molecule has 0 aliphatic rings. The Hall–Kier alpha value is -1.56. The van der Waals surface area contributed by atoms with Crippen LogP contribution < -0.4 is 15.8 Å². The molecule has 1 atom stereocenters. The standard InChI is InChI=1S/C10H18N4O2/c1-3-16-10-8(11)9(13-6-14-10)12-5-4-7(2)15/h6-7,15H,3-5,11H2,1-2H3,(H,12,13,14). The van der Waals surface area contributed by atoms with Gasteiger partial charge in [-0.15, -0.1) is 0 Å². The number of nitrogens with zero attached hydrogens (tertiary/aromatic N) is 2. The van der Waals surface area contributed by atoms with Crippen LogP contribution in [-0.2, 0) is 0 Å². The number of nitrogens with two attached hydrogens (primary N) is 1. The molecule has 6 heteroatoms. The van der Waals surface area contributed by atoms with Gasteiger partial charge in [-0.2, -0.15) is 4.98 Å². The number of rotatable bonds is 6. The van der Waals surface area contributed by atoms with Crippen LogP contribution in [-0.4, -0.2) is 34.3 Å². The summed E-state index contributed by atoms with van der Waals surface area (Å²) in [7, 11) is 0. The molecule has 1 unspecified atom stereocenters. The monoisotopic (exact) mass is 226 g/mol. The van der Waals surface area contributed by atoms with Gasteiger partial charge in [-0.1, -0.05) is 0 Å². The molecule has 0 fully saturated rings. The van der Waals surface area contributed by atoms with Crippen LogP contribution in [0, 0.1) is 0 Å². The molecule has 0 saturated carbocycles. The van der Waals surface area contributed by atoms with Crippen molar-refractivity contribution in [2.24, 2.45) is 0 Å². The topological polar surface area (TPSA) is 93.3 Å². The van der Waals surface area contributed by atoms with Crippen molar-refractivity contribution < 1.29 is 9.84 Å². The second-order valence-electron chi connectivity index (χ2n) is 3.44. The molecule has 1 rings (SSSR count). The van der Waals surface area contributed by atoms with Crippen LogP contribution in [0.25, 0.3) is 0 Å². The van der Waals surface area contributed by atoms with E-state index in [-0.39, 0.29) is 6.10 Å². The van der Waals surface area contributed by atoms with Gasteiger partial charge in [-0.3, -0.25) is 0 Å². The van der Waals surface area contributed by atoms with Crippen molar-refractivity contribution in [2.45, 2.75) is 26.4 Å². The zero-order valence-electron chi connectivity index (χ0n) is 9.60. The van der Waals surface area contributed by atoms with Crippen molar-refractivity contribution in [3.63, 3.8) is 0 Å². The molecule has 0 radical (unpaired) electrons. The lowest BCUT2D eigenvalue weighted by Gasteiger charge is -2.11. The van der Waals surface area contributed by atoms with E-state index in [9.17, 15) is 0 Å². The molecular weight excluding hydrogens is 208 g/mol. The van der Waals surface area contributed by atoms with Crippen LogP contribution >= 0.6 is 0 Å². The van der Waals surface area contributed by atoms with Gasteiger partial charge in [0, 0.05) is 6.54 Å². The summed E-state index contributed by atoms with van der Waals surface area (Å²) < 4.78 is 5.24. The van der Waals surface area contributed by atoms with Gasteiger partial charge in [0.25, 0.3) is 0 Å². The molecule has 0 saturated heterocycles. The van der Waals surface area contributed by atoms with Crippen LogP contribution in [0.3, 0.4) is 0 Å². The Morgan fingerprint density at radius 3 is 2.94 bits per heavy atom. The van der Waals surface area contributed by atoms with Gasteiger partial charge in [0.05, 0.1) is 12.7 Å². The van der Waals surface area contributed by atoms with Gasteiger partial charge in [0.2, 0.25) is 5.88 Å². The van der Waals surface area contributed by atoms with Gasteiger partial charge in [0.15, 0.2) is 5.82 Å². The molecule has 4 N–H and O–H groups in total. The van der Waals surface area contributed by atoms with Crippen LogP contribution in [0.2, 0.25) is 0 Å². The Labute approximate surface area is 94.9 Å². The quantitative estimate of drug-likeness (QED) is 0.659. The molecule has 0 bridgehead atoms. The SMILES string of the molecule is CCOc1ncnc(NCCC(C)O)c1N. The van der Waals surface area contributed by atoms with Crippen molar-refractivity contribution in [1.82, 2.24) is 9.97 Å². The summed E-state index contributed by atoms with van der Waals surface area (Å²) in [6.45, 7) is 4.71. The summed E-state index contributed by atoms with van der Waals surface area (Å²) in [5.41, 5.74) is 6.21. The van der Waals surface area contributed by atoms with Crippen molar-refractivity contribution >= 4 is 11.5 Å². The Kier molecular flexibility index (Phi) is 4.78. The van der Waals surface area contributed by atoms with E-state index in [1.165, 1.54) is 6.33 Å². The lowest BCUT2D eigenvalue weighted by molar-refractivity contribution is 0.188. The molecule has 90 valence electrons. The van der Waals surface area contributed by atoms with E-state index in [4.69, 9.17) is 15.6 Å². The van der Waals surface area contributed by atoms with Crippen LogP contribution in [0.4, 0.5) is 11.5 Å². The number of nitrogen functional groups attached to an aromatic ring is 1. The largest absolute Gasteiger partial charge is 0.476 e. The summed E-state index contributed by atoms with van der Waals surface area (Å²) >= 11 is 0. The molecule has 0 aliphatic heterocycles. The minimum atomic E-state index is -0.345. The third kappa shape index (κ3) is 3.54. The predicted molar refractivity (Wildman–Crippen MR) is 62.4 cm³/mol. The van der Waals surface area contributed by atoms with Crippen molar-refractivity contribution in [1.29, 1.82) is 0 Å². The molecule has 0 amide bonds. The highest BCUT2D eigenvalue weighted by atomic mass is 16.5. The van der Waals surface area contributed by atoms with Crippen molar-refractivity contribution in [3.8, 4) is 5.88 Å². The normalized spacial score (nSPS) is 12.2. The number of ether oxygens (including phenoxy) is 1. The predicted octanol–water partition coefficient (Wildman–Crippen LogP) is 0.640. The fourth-order valence-corrected chi connectivity index (χ4v) is 1.17. The highest BCUT2D eigenvalue weighted by molar-refractivity contribution is 5.66. The molecule has 1 heterocycles. The summed E-state index contributed by atoms with van der Waals surface area (Å²) in [6, 6.07) is 0. The Morgan fingerprint density at radius 2 is 2.31 bits per heavy atom. The first-order valence-corrected chi connectivity index (χ1v) is 5.30. The molecule has 0 aliphatic carbocycles. The number of anilines is 2. The fraction of sp³-hybridized carbons (Fsp3) is 0.600. The summed E-state index contributed by atoms with van der Waals surface area (Å²) in [4.78, 5) is 7.93. The Balaban J connectivity index is 2.62. The second kappa shape index (κ2) is 6.12. The molecule has 16 heavy (non-hydrogen) atoms. The lowest BCUT2D eigenvalue weighted by Crippen LogP contribution is -2.12. The number of hydrogen-bond acceptors (Lipinski definition) is 6. The van der Waals surface area contributed by atoms with E-state index >= 15 is 0 Å². The average Bonchev–Trinajstić information content (AvgIpc) is 2.23. The van der Waals surface area contributed by atoms with Gasteiger partial charge < -0.3 is 20.9 Å². The molecule has 1 aromatic rings. The first-order chi connectivity index (χ1) is 7.65. The number of aliphatic hydroxyl groups is 1. The van der Waals surface area contributed by atoms with E-state index in [1.807, 2.05) is 6.92 Å². The maximum Gasteiger partial charge on any atom is 0.242 e. The molecule has 1 aromatic heterocycles. The van der Waals surface area contributed by atoms with E-state index in [0.29, 0.717) is 37.0 Å². The van der Waals surface area contributed by atoms with Crippen molar-refractivity contribution in [3.05, 3.63) is 6.33 Å². The number of hydrogen-bond donors (Lipinski definition) is 3. The van der Waals surface area contributed by atoms with Gasteiger partial charge in [0.1, 0.15) is 12.0 Å². The molecule has 6 nitrogen and oxygen atoms in total. The molecular formula is C10H18N4O2. The van der Waals surface area contributed by atoms with Crippen molar-refractivity contribution in [2.75, 3.05) is 24.2 Å². The van der Waals surface area contributed by atoms with Gasteiger partial charge >= 0.3 is 0 Å². The fourth-order valence-electron chi connectivity index (χ4n) is 1.17. The van der Waals surface area contributed by atoms with Gasteiger partial charge in [-0.05, 0) is 20.3 Å². The van der Waals surface area contributed by atoms with E-state index in [1.54, 1.807) is 6.92 Å². The zero-order valence-corrected chi connectivity index (χ0v) is 9.60. The third-order valence-electron chi connectivity index (χ3n) is 1.98. The van der Waals surface area contributed by atoms with Crippen LogP contribution in [0.15, 0.2) is 6.33 Å². The Bertz CT molecular complexity index is 331. The maximum absolute atomic E-state index is 9.11. The number of aromatic nitrogens is 2. The smallest absolute Gasteiger partial charge is 0.242 e. The highest BCUT2D eigenvalue weighted by Gasteiger charge is 2.08. The minimum absolute atomic E-state index is 0.345. The second-order valence-corrected chi connectivity index (χ2v) is 3.44. The van der Waals surface area contributed by atoms with Gasteiger partial charge in [-0.25, -0.2) is 4.98 Å². The highest BCUT2D eigenvalue weighted by Crippen LogP contribution is 2.24. The third-order valence-corrected chi connectivity index (χ3v) is 1.98. The van der Waals surface area contributed by atoms with Crippen LogP contribution in [0.1, 0.15) is 20.3 Å². The van der Waals surface area contributed by atoms with E-state index in [2.05, 4.69) is 15.3 Å². The number of aliphatic hydroxyl groups excluding tert-OH is 1. The van der Waals surface area contributed by atoms with E-state index in [0.717, 1.165) is 0 Å². The number of nitrogens with one attached hydrogen (secondary N) is 1. The Morgan fingerprint density at radius 1 is 1.56 bits per heavy atom. The van der Waals surface area contributed by atoms with E-state index < -0.39 is 0 Å².